The molecule has 1 aromatic carbocycles. The van der Waals surface area contributed by atoms with Gasteiger partial charge in [0.05, 0.1) is 0 Å². The van der Waals surface area contributed by atoms with E-state index >= 15 is 0 Å². The molecule has 1 aromatic heterocycles. The van der Waals surface area contributed by atoms with E-state index in [0.29, 0.717) is 5.88 Å². The predicted molar refractivity (Wildman–Crippen MR) is 70.9 cm³/mol. The van der Waals surface area contributed by atoms with Crippen molar-refractivity contribution in [3.63, 3.8) is 0 Å². The van der Waals surface area contributed by atoms with E-state index in [1.165, 1.54) is 5.56 Å². The number of hydrogen-bond acceptors (Lipinski definition) is 3. The normalized spacial score (nSPS) is 10.2. The molecule has 0 aliphatic heterocycles. The first-order valence-corrected chi connectivity index (χ1v) is 6.02. The molecule has 0 saturated carbocycles. The van der Waals surface area contributed by atoms with Crippen LogP contribution in [0.25, 0.3) is 0 Å². The number of halogens is 1. The van der Waals surface area contributed by atoms with Crippen LogP contribution in [0.3, 0.4) is 0 Å². The minimum absolute atomic E-state index is 0.651. The van der Waals surface area contributed by atoms with Crippen molar-refractivity contribution < 1.29 is 0 Å². The lowest BCUT2D eigenvalue weighted by atomic mass is 10.1. The molecule has 0 atom stereocenters. The van der Waals surface area contributed by atoms with Crippen LogP contribution in [-0.2, 0) is 6.42 Å². The van der Waals surface area contributed by atoms with Gasteiger partial charge in [-0.05, 0) is 31.0 Å². The minimum Gasteiger partial charge on any atom is -0.340 e. The molecule has 88 valence electrons. The number of aromatic nitrogens is 2. The highest BCUT2D eigenvalue weighted by Crippen LogP contribution is 2.15. The Morgan fingerprint density at radius 2 is 1.94 bits per heavy atom. The Morgan fingerprint density at radius 1 is 1.18 bits per heavy atom. The second kappa shape index (κ2) is 5.64. The third-order valence-electron chi connectivity index (χ3n) is 2.41. The topological polar surface area (TPSA) is 37.8 Å². The molecule has 0 aliphatic rings. The van der Waals surface area contributed by atoms with Crippen molar-refractivity contribution in [3.8, 4) is 0 Å². The van der Waals surface area contributed by atoms with E-state index in [2.05, 4.69) is 27.4 Å². The molecule has 4 heteroatoms. The van der Waals surface area contributed by atoms with Crippen LogP contribution in [0.2, 0.25) is 0 Å². The number of benzene rings is 1. The zero-order valence-electron chi connectivity index (χ0n) is 9.65. The van der Waals surface area contributed by atoms with Crippen LogP contribution in [0.15, 0.2) is 36.7 Å². The summed E-state index contributed by atoms with van der Waals surface area (Å²) in [5, 5.41) is 3.23. The zero-order valence-corrected chi connectivity index (χ0v) is 10.4. The summed E-state index contributed by atoms with van der Waals surface area (Å²) in [5.74, 6) is 1.46. The summed E-state index contributed by atoms with van der Waals surface area (Å²) in [5.41, 5.74) is 3.20. The molecule has 1 N–H and O–H groups in total. The number of alkyl halides is 1. The van der Waals surface area contributed by atoms with Crippen molar-refractivity contribution in [1.82, 2.24) is 9.97 Å². The molecule has 0 unspecified atom stereocenters. The summed E-state index contributed by atoms with van der Waals surface area (Å²) in [6.07, 6.45) is 2.45. The van der Waals surface area contributed by atoms with Crippen LogP contribution in [0.4, 0.5) is 11.5 Å². The van der Waals surface area contributed by atoms with Crippen LogP contribution in [-0.4, -0.2) is 15.8 Å². The maximum absolute atomic E-state index is 5.69. The number of nitrogens with one attached hydrogen (secondary N) is 1. The highest BCUT2D eigenvalue weighted by Gasteiger charge is 1.97. The maximum atomic E-state index is 5.69. The van der Waals surface area contributed by atoms with Gasteiger partial charge < -0.3 is 5.32 Å². The molecule has 2 rings (SSSR count). The van der Waals surface area contributed by atoms with Gasteiger partial charge in [-0.1, -0.05) is 12.1 Å². The van der Waals surface area contributed by atoms with Crippen LogP contribution >= 0.6 is 11.6 Å². The third-order valence-corrected chi connectivity index (χ3v) is 2.60. The maximum Gasteiger partial charge on any atom is 0.133 e. The minimum atomic E-state index is 0.651. The second-order valence-corrected chi connectivity index (χ2v) is 4.18. The molecule has 2 aromatic rings. The first-order valence-electron chi connectivity index (χ1n) is 5.48. The third kappa shape index (κ3) is 3.43. The van der Waals surface area contributed by atoms with E-state index in [1.807, 2.05) is 25.1 Å². The van der Waals surface area contributed by atoms with E-state index in [1.54, 1.807) is 6.33 Å². The van der Waals surface area contributed by atoms with Gasteiger partial charge >= 0.3 is 0 Å². The van der Waals surface area contributed by atoms with Crippen molar-refractivity contribution in [3.05, 3.63) is 47.9 Å². The number of hydrogen-bond donors (Lipinski definition) is 1. The summed E-state index contributed by atoms with van der Waals surface area (Å²) in [6.45, 7) is 1.94. The number of nitrogens with zero attached hydrogens (tertiary/aromatic N) is 2. The van der Waals surface area contributed by atoms with Crippen LogP contribution in [0.1, 0.15) is 11.3 Å². The molecule has 0 fully saturated rings. The van der Waals surface area contributed by atoms with Gasteiger partial charge in [-0.25, -0.2) is 9.97 Å². The smallest absolute Gasteiger partial charge is 0.133 e. The van der Waals surface area contributed by atoms with Crippen molar-refractivity contribution in [1.29, 1.82) is 0 Å². The summed E-state index contributed by atoms with van der Waals surface area (Å²) in [6, 6.07) is 10.1. The largest absolute Gasteiger partial charge is 0.340 e. The van der Waals surface area contributed by atoms with E-state index in [9.17, 15) is 0 Å². The van der Waals surface area contributed by atoms with E-state index in [-0.39, 0.29) is 0 Å². The first kappa shape index (κ1) is 11.9. The Kier molecular flexibility index (Phi) is 3.94. The van der Waals surface area contributed by atoms with Gasteiger partial charge in [0.2, 0.25) is 0 Å². The van der Waals surface area contributed by atoms with Crippen LogP contribution < -0.4 is 5.32 Å². The summed E-state index contributed by atoms with van der Waals surface area (Å²) in [7, 11) is 0. The van der Waals surface area contributed by atoms with Crippen LogP contribution in [0, 0.1) is 6.92 Å². The molecule has 0 aliphatic carbocycles. The van der Waals surface area contributed by atoms with Crippen molar-refractivity contribution in [2.45, 2.75) is 13.3 Å². The van der Waals surface area contributed by atoms with Gasteiger partial charge in [0.15, 0.2) is 0 Å². The summed E-state index contributed by atoms with van der Waals surface area (Å²) in [4.78, 5) is 8.20. The van der Waals surface area contributed by atoms with E-state index in [4.69, 9.17) is 11.6 Å². The number of anilines is 2. The van der Waals surface area contributed by atoms with E-state index in [0.717, 1.165) is 23.6 Å². The SMILES string of the molecule is Cc1cc(Nc2ccc(CCCl)cc2)ncn1. The molecule has 0 amide bonds. The van der Waals surface area contributed by atoms with E-state index < -0.39 is 0 Å². The fraction of sp³-hybridized carbons (Fsp3) is 0.231. The van der Waals surface area contributed by atoms with Gasteiger partial charge in [-0.2, -0.15) is 0 Å². The molecule has 0 spiro atoms. The lowest BCUT2D eigenvalue weighted by Gasteiger charge is -2.06. The Balaban J connectivity index is 2.08. The molecule has 3 nitrogen and oxygen atoms in total. The Hall–Kier alpha value is -1.61. The van der Waals surface area contributed by atoms with Gasteiger partial charge in [0.25, 0.3) is 0 Å². The lowest BCUT2D eigenvalue weighted by Crippen LogP contribution is -1.95. The standard InChI is InChI=1S/C13H14ClN3/c1-10-8-13(16-9-15-10)17-12-4-2-11(3-5-12)6-7-14/h2-5,8-9H,6-7H2,1H3,(H,15,16,17). The lowest BCUT2D eigenvalue weighted by molar-refractivity contribution is 1.10. The van der Waals surface area contributed by atoms with Crippen molar-refractivity contribution >= 4 is 23.1 Å². The molecule has 17 heavy (non-hydrogen) atoms. The average molecular weight is 248 g/mol. The Morgan fingerprint density at radius 3 is 2.59 bits per heavy atom. The van der Waals surface area contributed by atoms with Gasteiger partial charge in [0, 0.05) is 23.3 Å². The molecule has 1 heterocycles. The molecule has 0 bridgehead atoms. The highest BCUT2D eigenvalue weighted by molar-refractivity contribution is 6.17. The molecular formula is C13H14ClN3. The molecule has 0 saturated heterocycles. The van der Waals surface area contributed by atoms with Crippen molar-refractivity contribution in [2.75, 3.05) is 11.2 Å². The number of aryl methyl sites for hydroxylation is 2. The summed E-state index contributed by atoms with van der Waals surface area (Å²) < 4.78 is 0. The Labute approximate surface area is 106 Å². The fourth-order valence-electron chi connectivity index (χ4n) is 1.53. The quantitative estimate of drug-likeness (QED) is 0.843. The van der Waals surface area contributed by atoms with Gasteiger partial charge in [-0.3, -0.25) is 0 Å². The first-order chi connectivity index (χ1) is 8.28. The van der Waals surface area contributed by atoms with Gasteiger partial charge in [-0.15, -0.1) is 11.6 Å². The Bertz CT molecular complexity index is 482. The average Bonchev–Trinajstić information content (AvgIpc) is 2.32. The summed E-state index contributed by atoms with van der Waals surface area (Å²) >= 11 is 5.69. The predicted octanol–water partition coefficient (Wildman–Crippen LogP) is 3.31. The zero-order chi connectivity index (χ0) is 12.1. The fourth-order valence-corrected chi connectivity index (χ4v) is 1.75. The van der Waals surface area contributed by atoms with Crippen LogP contribution in [0.5, 0.6) is 0 Å². The monoisotopic (exact) mass is 247 g/mol. The molecular weight excluding hydrogens is 234 g/mol. The second-order valence-electron chi connectivity index (χ2n) is 3.81. The highest BCUT2D eigenvalue weighted by atomic mass is 35.5. The van der Waals surface area contributed by atoms with Gasteiger partial charge in [0.1, 0.15) is 12.1 Å². The molecule has 0 radical (unpaired) electrons. The van der Waals surface area contributed by atoms with Crippen molar-refractivity contribution in [2.24, 2.45) is 0 Å². The number of rotatable bonds is 4.